The Balaban J connectivity index is 1.55. The number of nitrogens with zero attached hydrogens (tertiary/aromatic N) is 2. The minimum atomic E-state index is -3.69. The molecule has 2 amide bonds. The number of benzene rings is 3. The van der Waals surface area contributed by atoms with Gasteiger partial charge in [0.05, 0.1) is 11.9 Å². The minimum Gasteiger partial charge on any atom is -0.486 e. The van der Waals surface area contributed by atoms with Crippen LogP contribution in [0.15, 0.2) is 72.8 Å². The molecule has 0 fully saturated rings. The first-order valence-corrected chi connectivity index (χ1v) is 15.2. The zero-order valence-corrected chi connectivity index (χ0v) is 23.9. The van der Waals surface area contributed by atoms with Gasteiger partial charge in [0, 0.05) is 44.6 Å². The van der Waals surface area contributed by atoms with Crippen LogP contribution in [0.25, 0.3) is 0 Å². The van der Waals surface area contributed by atoms with Gasteiger partial charge in [-0.15, -0.1) is 0 Å². The van der Waals surface area contributed by atoms with Gasteiger partial charge in [-0.1, -0.05) is 48.5 Å². The minimum absolute atomic E-state index is 0.0150. The molecule has 3 aromatic rings. The predicted octanol–water partition coefficient (Wildman–Crippen LogP) is 3.53. The predicted molar refractivity (Wildman–Crippen MR) is 154 cm³/mol. The topological polar surface area (TPSA) is 105 Å². The molecular weight excluding hydrogens is 549 g/mol. The largest absolute Gasteiger partial charge is 0.486 e. The van der Waals surface area contributed by atoms with Crippen LogP contribution in [0, 0.1) is 5.82 Å². The number of halogens is 1. The van der Waals surface area contributed by atoms with E-state index in [4.69, 9.17) is 9.47 Å². The summed E-state index contributed by atoms with van der Waals surface area (Å²) in [5.41, 5.74) is 1.51. The molecule has 0 aromatic heterocycles. The number of ether oxygens (including phenoxy) is 2. The molecule has 1 heterocycles. The van der Waals surface area contributed by atoms with Crippen LogP contribution in [-0.2, 0) is 32.6 Å². The van der Waals surface area contributed by atoms with Gasteiger partial charge in [0.1, 0.15) is 25.1 Å². The van der Waals surface area contributed by atoms with Crippen molar-refractivity contribution in [1.29, 1.82) is 0 Å². The van der Waals surface area contributed by atoms with E-state index in [0.29, 0.717) is 30.4 Å². The van der Waals surface area contributed by atoms with Crippen LogP contribution < -0.4 is 19.1 Å². The van der Waals surface area contributed by atoms with Crippen LogP contribution in [0.4, 0.5) is 10.1 Å². The Bertz CT molecular complexity index is 1470. The Kier molecular flexibility index (Phi) is 9.82. The maximum absolute atomic E-state index is 14.7. The normalized spacial score (nSPS) is 13.2. The van der Waals surface area contributed by atoms with Crippen LogP contribution in [-0.4, -0.2) is 64.2 Å². The van der Waals surface area contributed by atoms with Crippen molar-refractivity contribution < 1.29 is 31.9 Å². The molecule has 0 radical (unpaired) electrons. The molecule has 1 aliphatic rings. The molecule has 0 aliphatic carbocycles. The highest BCUT2D eigenvalue weighted by molar-refractivity contribution is 7.92. The van der Waals surface area contributed by atoms with Gasteiger partial charge in [-0.05, 0) is 30.2 Å². The molecular formula is C30H34FN3O6S. The van der Waals surface area contributed by atoms with E-state index in [1.807, 2.05) is 30.3 Å². The summed E-state index contributed by atoms with van der Waals surface area (Å²) in [5.74, 6) is -0.279. The van der Waals surface area contributed by atoms with Crippen LogP contribution >= 0.6 is 0 Å². The van der Waals surface area contributed by atoms with Gasteiger partial charge in [-0.2, -0.15) is 0 Å². The highest BCUT2D eigenvalue weighted by atomic mass is 32.2. The molecule has 3 aromatic carbocycles. The standard InChI is InChI=1S/C30H34FN3O6S/c1-32-30(36)26(19-22-9-4-3-5-10-22)33(21-23-11-6-7-12-25(23)31)29(35)13-8-16-34(41(2,37)38)24-14-15-27-28(20-24)40-18-17-39-27/h3-7,9-12,14-15,20,26H,8,13,16-19,21H2,1-2H3,(H,32,36)/t26-/m1/s1. The van der Waals surface area contributed by atoms with Crippen molar-refractivity contribution in [3.05, 3.63) is 89.7 Å². The molecule has 1 atom stereocenters. The lowest BCUT2D eigenvalue weighted by atomic mass is 10.0. The van der Waals surface area contributed by atoms with Gasteiger partial charge in [-0.25, -0.2) is 12.8 Å². The lowest BCUT2D eigenvalue weighted by Gasteiger charge is -2.31. The Morgan fingerprint density at radius 1 is 0.976 bits per heavy atom. The molecule has 9 nitrogen and oxygen atoms in total. The van der Waals surface area contributed by atoms with Crippen LogP contribution in [0.1, 0.15) is 24.0 Å². The Hall–Kier alpha value is -4.12. The SMILES string of the molecule is CNC(=O)[C@@H](Cc1ccccc1)N(Cc1ccccc1F)C(=O)CCCN(c1ccc2c(c1)OCCO2)S(C)(=O)=O. The smallest absolute Gasteiger partial charge is 0.242 e. The first-order valence-electron chi connectivity index (χ1n) is 13.3. The van der Waals surface area contributed by atoms with Crippen molar-refractivity contribution in [3.63, 3.8) is 0 Å². The van der Waals surface area contributed by atoms with Gasteiger partial charge in [0.25, 0.3) is 0 Å². The number of anilines is 1. The lowest BCUT2D eigenvalue weighted by molar-refractivity contribution is -0.141. The fourth-order valence-electron chi connectivity index (χ4n) is 4.72. The summed E-state index contributed by atoms with van der Waals surface area (Å²) in [4.78, 5) is 28.1. The number of hydrogen-bond acceptors (Lipinski definition) is 6. The Morgan fingerprint density at radius 3 is 2.34 bits per heavy atom. The second-order valence-electron chi connectivity index (χ2n) is 9.70. The maximum atomic E-state index is 14.7. The summed E-state index contributed by atoms with van der Waals surface area (Å²) in [6, 6.07) is 19.4. The first-order chi connectivity index (χ1) is 19.7. The third kappa shape index (κ3) is 7.75. The van der Waals surface area contributed by atoms with Crippen molar-refractivity contribution in [3.8, 4) is 11.5 Å². The number of nitrogens with one attached hydrogen (secondary N) is 1. The maximum Gasteiger partial charge on any atom is 0.242 e. The second-order valence-corrected chi connectivity index (χ2v) is 11.6. The molecule has 11 heteroatoms. The number of carbonyl (C=O) groups excluding carboxylic acids is 2. The highest BCUT2D eigenvalue weighted by Gasteiger charge is 2.30. The average Bonchev–Trinajstić information content (AvgIpc) is 2.97. The number of likely N-dealkylation sites (N-methyl/N-ethyl adjacent to an activating group) is 1. The summed E-state index contributed by atoms with van der Waals surface area (Å²) >= 11 is 0. The van der Waals surface area contributed by atoms with Crippen molar-refractivity contribution in [2.75, 3.05) is 37.4 Å². The van der Waals surface area contributed by atoms with E-state index >= 15 is 0 Å². The molecule has 0 saturated carbocycles. The molecule has 4 rings (SSSR count). The number of carbonyl (C=O) groups is 2. The van der Waals surface area contributed by atoms with Gasteiger partial charge < -0.3 is 19.7 Å². The van der Waals surface area contributed by atoms with Gasteiger partial charge >= 0.3 is 0 Å². The molecule has 0 saturated heterocycles. The second kappa shape index (κ2) is 13.5. The van der Waals surface area contributed by atoms with Crippen molar-refractivity contribution in [1.82, 2.24) is 10.2 Å². The van der Waals surface area contributed by atoms with Crippen LogP contribution in [0.3, 0.4) is 0 Å². The zero-order chi connectivity index (χ0) is 29.4. The summed E-state index contributed by atoms with van der Waals surface area (Å²) in [7, 11) is -2.20. The fourth-order valence-corrected chi connectivity index (χ4v) is 5.68. The van der Waals surface area contributed by atoms with E-state index in [9.17, 15) is 22.4 Å². The number of amides is 2. The van der Waals surface area contributed by atoms with E-state index in [1.54, 1.807) is 36.4 Å². The summed E-state index contributed by atoms with van der Waals surface area (Å²) < 4.78 is 52.4. The number of sulfonamides is 1. The summed E-state index contributed by atoms with van der Waals surface area (Å²) in [6.45, 7) is 0.668. The Morgan fingerprint density at radius 2 is 1.66 bits per heavy atom. The van der Waals surface area contributed by atoms with Gasteiger partial charge in [0.15, 0.2) is 11.5 Å². The number of rotatable bonds is 12. The number of hydrogen-bond donors (Lipinski definition) is 1. The zero-order valence-electron chi connectivity index (χ0n) is 23.1. The highest BCUT2D eigenvalue weighted by Crippen LogP contribution is 2.34. The third-order valence-electron chi connectivity index (χ3n) is 6.78. The van der Waals surface area contributed by atoms with E-state index in [0.717, 1.165) is 11.8 Å². The quantitative estimate of drug-likeness (QED) is 0.350. The van der Waals surface area contributed by atoms with Crippen LogP contribution in [0.5, 0.6) is 11.5 Å². The van der Waals surface area contributed by atoms with Crippen molar-refractivity contribution in [2.24, 2.45) is 0 Å². The monoisotopic (exact) mass is 583 g/mol. The third-order valence-corrected chi connectivity index (χ3v) is 7.98. The van der Waals surface area contributed by atoms with Crippen molar-refractivity contribution in [2.45, 2.75) is 31.8 Å². The van der Waals surface area contributed by atoms with Gasteiger partial charge in [0.2, 0.25) is 21.8 Å². The number of fused-ring (bicyclic) bond motifs is 1. The molecule has 41 heavy (non-hydrogen) atoms. The van der Waals surface area contributed by atoms with E-state index in [-0.39, 0.29) is 43.8 Å². The van der Waals surface area contributed by atoms with Crippen LogP contribution in [0.2, 0.25) is 0 Å². The summed E-state index contributed by atoms with van der Waals surface area (Å²) in [6.07, 6.45) is 1.43. The molecule has 218 valence electrons. The molecule has 1 aliphatic heterocycles. The molecule has 0 unspecified atom stereocenters. The molecule has 1 N–H and O–H groups in total. The van der Waals surface area contributed by atoms with E-state index < -0.39 is 27.8 Å². The molecule has 0 bridgehead atoms. The summed E-state index contributed by atoms with van der Waals surface area (Å²) in [5, 5.41) is 2.63. The lowest BCUT2D eigenvalue weighted by Crippen LogP contribution is -2.50. The average molecular weight is 584 g/mol. The van der Waals surface area contributed by atoms with E-state index in [1.165, 1.54) is 22.3 Å². The van der Waals surface area contributed by atoms with Crippen molar-refractivity contribution >= 4 is 27.5 Å². The Labute approximate surface area is 239 Å². The first kappa shape index (κ1) is 29.9. The van der Waals surface area contributed by atoms with E-state index in [2.05, 4.69) is 5.32 Å². The molecule has 0 spiro atoms. The van der Waals surface area contributed by atoms with Gasteiger partial charge in [-0.3, -0.25) is 13.9 Å². The fraction of sp³-hybridized carbons (Fsp3) is 0.333.